The monoisotopic (exact) mass is 291 g/mol. The molecular formula is C17H19ClFN. The zero-order chi connectivity index (χ0) is 14.7. The highest BCUT2D eigenvalue weighted by atomic mass is 35.5. The van der Waals surface area contributed by atoms with Crippen LogP contribution >= 0.6 is 11.6 Å². The molecule has 0 saturated heterocycles. The zero-order valence-corrected chi connectivity index (χ0v) is 12.8. The number of rotatable bonds is 4. The average molecular weight is 292 g/mol. The smallest absolute Gasteiger partial charge is 0.131 e. The third-order valence-electron chi connectivity index (χ3n) is 3.41. The molecule has 0 atom stereocenters. The van der Waals surface area contributed by atoms with Crippen molar-refractivity contribution in [1.82, 2.24) is 5.32 Å². The molecule has 0 aliphatic heterocycles. The molecule has 0 aromatic heterocycles. The molecule has 0 spiro atoms. The quantitative estimate of drug-likeness (QED) is 0.847. The standard InChI is InChI=1S/C17H19ClFN/c1-4-20-10-13-5-6-14(17(19)9-13)15-7-12(3)16(18)8-11(15)2/h5-9,20H,4,10H2,1-3H3. The van der Waals surface area contributed by atoms with Crippen molar-refractivity contribution >= 4 is 11.6 Å². The number of halogens is 2. The minimum atomic E-state index is -0.190. The maximum absolute atomic E-state index is 14.3. The molecule has 2 aromatic carbocycles. The Labute approximate surface area is 124 Å². The van der Waals surface area contributed by atoms with Crippen LogP contribution in [-0.2, 0) is 6.54 Å². The topological polar surface area (TPSA) is 12.0 Å². The van der Waals surface area contributed by atoms with Crippen molar-refractivity contribution in [3.8, 4) is 11.1 Å². The fraction of sp³-hybridized carbons (Fsp3) is 0.294. The van der Waals surface area contributed by atoms with Gasteiger partial charge in [0.15, 0.2) is 0 Å². The minimum Gasteiger partial charge on any atom is -0.313 e. The van der Waals surface area contributed by atoms with E-state index in [0.29, 0.717) is 12.1 Å². The van der Waals surface area contributed by atoms with Gasteiger partial charge in [-0.15, -0.1) is 0 Å². The lowest BCUT2D eigenvalue weighted by Gasteiger charge is -2.11. The Kier molecular flexibility index (Phi) is 4.79. The third kappa shape index (κ3) is 3.20. The maximum atomic E-state index is 14.3. The summed E-state index contributed by atoms with van der Waals surface area (Å²) in [5.74, 6) is -0.190. The first kappa shape index (κ1) is 15.0. The summed E-state index contributed by atoms with van der Waals surface area (Å²) in [5.41, 5.74) is 4.43. The van der Waals surface area contributed by atoms with E-state index < -0.39 is 0 Å². The molecule has 20 heavy (non-hydrogen) atoms. The Balaban J connectivity index is 2.41. The predicted molar refractivity (Wildman–Crippen MR) is 83.7 cm³/mol. The summed E-state index contributed by atoms with van der Waals surface area (Å²) in [5, 5.41) is 3.91. The first-order chi connectivity index (χ1) is 9.52. The van der Waals surface area contributed by atoms with Crippen molar-refractivity contribution < 1.29 is 4.39 Å². The Bertz CT molecular complexity index is 623. The first-order valence-electron chi connectivity index (χ1n) is 6.79. The van der Waals surface area contributed by atoms with Crippen LogP contribution in [0.15, 0.2) is 30.3 Å². The summed E-state index contributed by atoms with van der Waals surface area (Å²) in [7, 11) is 0. The maximum Gasteiger partial charge on any atom is 0.131 e. The van der Waals surface area contributed by atoms with E-state index >= 15 is 0 Å². The van der Waals surface area contributed by atoms with Crippen molar-refractivity contribution in [2.24, 2.45) is 0 Å². The zero-order valence-electron chi connectivity index (χ0n) is 12.1. The SMILES string of the molecule is CCNCc1ccc(-c2cc(C)c(Cl)cc2C)c(F)c1. The van der Waals surface area contributed by atoms with E-state index in [1.54, 1.807) is 6.07 Å². The lowest BCUT2D eigenvalue weighted by atomic mass is 9.97. The molecule has 1 N–H and O–H groups in total. The van der Waals surface area contributed by atoms with Crippen molar-refractivity contribution in [3.63, 3.8) is 0 Å². The number of aryl methyl sites for hydroxylation is 2. The van der Waals surface area contributed by atoms with Crippen LogP contribution in [0.3, 0.4) is 0 Å². The molecule has 2 rings (SSSR count). The van der Waals surface area contributed by atoms with Crippen LogP contribution in [0.4, 0.5) is 4.39 Å². The summed E-state index contributed by atoms with van der Waals surface area (Å²) < 4.78 is 14.3. The number of nitrogens with one attached hydrogen (secondary N) is 1. The molecule has 0 radical (unpaired) electrons. The largest absolute Gasteiger partial charge is 0.313 e. The lowest BCUT2D eigenvalue weighted by Crippen LogP contribution is -2.11. The highest BCUT2D eigenvalue weighted by Gasteiger charge is 2.10. The van der Waals surface area contributed by atoms with Gasteiger partial charge in [-0.2, -0.15) is 0 Å². The first-order valence-corrected chi connectivity index (χ1v) is 7.17. The van der Waals surface area contributed by atoms with Gasteiger partial charge in [0.2, 0.25) is 0 Å². The molecular weight excluding hydrogens is 273 g/mol. The fourth-order valence-corrected chi connectivity index (χ4v) is 2.45. The van der Waals surface area contributed by atoms with Crippen LogP contribution in [0.25, 0.3) is 11.1 Å². The summed E-state index contributed by atoms with van der Waals surface area (Å²) in [6, 6.07) is 9.24. The Morgan fingerprint density at radius 3 is 2.45 bits per heavy atom. The van der Waals surface area contributed by atoms with Crippen LogP contribution in [0.5, 0.6) is 0 Å². The molecule has 0 unspecified atom stereocenters. The predicted octanol–water partition coefficient (Wildman–Crippen LogP) is 4.87. The van der Waals surface area contributed by atoms with Crippen LogP contribution in [0, 0.1) is 19.7 Å². The molecule has 3 heteroatoms. The highest BCUT2D eigenvalue weighted by molar-refractivity contribution is 6.31. The van der Waals surface area contributed by atoms with Crippen LogP contribution in [0.2, 0.25) is 5.02 Å². The van der Waals surface area contributed by atoms with E-state index in [1.807, 2.05) is 45.0 Å². The second-order valence-electron chi connectivity index (χ2n) is 5.01. The van der Waals surface area contributed by atoms with E-state index in [0.717, 1.165) is 33.8 Å². The van der Waals surface area contributed by atoms with Gasteiger partial charge >= 0.3 is 0 Å². The van der Waals surface area contributed by atoms with E-state index in [4.69, 9.17) is 11.6 Å². The molecule has 0 aliphatic rings. The van der Waals surface area contributed by atoms with Gasteiger partial charge in [-0.1, -0.05) is 30.7 Å². The van der Waals surface area contributed by atoms with Crippen molar-refractivity contribution in [3.05, 3.63) is 57.9 Å². The Hall–Kier alpha value is -1.38. The van der Waals surface area contributed by atoms with Crippen LogP contribution in [-0.4, -0.2) is 6.54 Å². The molecule has 0 bridgehead atoms. The van der Waals surface area contributed by atoms with Gasteiger partial charge < -0.3 is 5.32 Å². The molecule has 0 saturated carbocycles. The Morgan fingerprint density at radius 2 is 1.80 bits per heavy atom. The number of benzene rings is 2. The molecule has 0 heterocycles. The van der Waals surface area contributed by atoms with Crippen molar-refractivity contribution in [2.75, 3.05) is 6.54 Å². The number of hydrogen-bond acceptors (Lipinski definition) is 1. The van der Waals surface area contributed by atoms with Crippen LogP contribution in [0.1, 0.15) is 23.6 Å². The van der Waals surface area contributed by atoms with E-state index in [-0.39, 0.29) is 5.82 Å². The fourth-order valence-electron chi connectivity index (χ4n) is 2.23. The van der Waals surface area contributed by atoms with E-state index in [1.165, 1.54) is 0 Å². The van der Waals surface area contributed by atoms with E-state index in [2.05, 4.69) is 5.32 Å². The highest BCUT2D eigenvalue weighted by Crippen LogP contribution is 2.30. The second-order valence-corrected chi connectivity index (χ2v) is 5.42. The van der Waals surface area contributed by atoms with Crippen LogP contribution < -0.4 is 5.32 Å². The molecule has 0 fully saturated rings. The van der Waals surface area contributed by atoms with Gasteiger partial charge in [0.05, 0.1) is 0 Å². The second kappa shape index (κ2) is 6.38. The van der Waals surface area contributed by atoms with Gasteiger partial charge in [-0.3, -0.25) is 0 Å². The van der Waals surface area contributed by atoms with E-state index in [9.17, 15) is 4.39 Å². The number of hydrogen-bond donors (Lipinski definition) is 1. The van der Waals surface area contributed by atoms with Gasteiger partial charge in [-0.05, 0) is 60.8 Å². The van der Waals surface area contributed by atoms with Crippen molar-refractivity contribution in [2.45, 2.75) is 27.3 Å². The van der Waals surface area contributed by atoms with Gasteiger partial charge in [0.25, 0.3) is 0 Å². The normalized spacial score (nSPS) is 10.8. The summed E-state index contributed by atoms with van der Waals surface area (Å²) in [6.07, 6.45) is 0. The molecule has 0 aliphatic carbocycles. The molecule has 1 nitrogen and oxygen atoms in total. The van der Waals surface area contributed by atoms with Gasteiger partial charge in [-0.25, -0.2) is 4.39 Å². The molecule has 2 aromatic rings. The summed E-state index contributed by atoms with van der Waals surface area (Å²) in [4.78, 5) is 0. The Morgan fingerprint density at radius 1 is 1.05 bits per heavy atom. The molecule has 0 amide bonds. The third-order valence-corrected chi connectivity index (χ3v) is 3.82. The van der Waals surface area contributed by atoms with Gasteiger partial charge in [0.1, 0.15) is 5.82 Å². The summed E-state index contributed by atoms with van der Waals surface area (Å²) >= 11 is 6.09. The summed E-state index contributed by atoms with van der Waals surface area (Å²) in [6.45, 7) is 7.48. The average Bonchev–Trinajstić information content (AvgIpc) is 2.41. The molecule has 106 valence electrons. The minimum absolute atomic E-state index is 0.190. The van der Waals surface area contributed by atoms with Gasteiger partial charge in [0, 0.05) is 17.1 Å². The lowest BCUT2D eigenvalue weighted by molar-refractivity contribution is 0.625. The van der Waals surface area contributed by atoms with Crippen molar-refractivity contribution in [1.29, 1.82) is 0 Å².